The Bertz CT molecular complexity index is 269. The van der Waals surface area contributed by atoms with Crippen molar-refractivity contribution in [3.8, 4) is 0 Å². The first-order chi connectivity index (χ1) is 6.63. The monoisotopic (exact) mass is 197 g/mol. The fourth-order valence-electron chi connectivity index (χ4n) is 1.01. The molecule has 0 unspecified atom stereocenters. The van der Waals surface area contributed by atoms with E-state index in [1.54, 1.807) is 0 Å². The molecule has 1 fully saturated rings. The number of carboxylic acid groups (broad SMARTS) is 1. The van der Waals surface area contributed by atoms with Gasteiger partial charge in [-0.1, -0.05) is 6.92 Å². The molecule has 1 rings (SSSR count). The molecule has 5 heteroatoms. The number of carbonyl (C=O) groups is 1. The molecule has 0 aromatic carbocycles. The molecule has 0 radical (unpaired) electrons. The molecule has 0 bridgehead atoms. The SMILES string of the molecule is CC/C(=N\C(=N)C(=O)O)NCC1CC1. The lowest BCUT2D eigenvalue weighted by molar-refractivity contribution is -0.129. The van der Waals surface area contributed by atoms with E-state index in [1.165, 1.54) is 12.8 Å². The summed E-state index contributed by atoms with van der Waals surface area (Å²) in [4.78, 5) is 14.0. The number of aliphatic imine (C=N–C) groups is 1. The van der Waals surface area contributed by atoms with Gasteiger partial charge < -0.3 is 10.4 Å². The van der Waals surface area contributed by atoms with Crippen molar-refractivity contribution in [2.45, 2.75) is 26.2 Å². The fraction of sp³-hybridized carbons (Fsp3) is 0.667. The molecular weight excluding hydrogens is 182 g/mol. The van der Waals surface area contributed by atoms with Crippen molar-refractivity contribution in [3.63, 3.8) is 0 Å². The molecular formula is C9H15N3O2. The molecule has 3 N–H and O–H groups in total. The van der Waals surface area contributed by atoms with Crippen molar-refractivity contribution >= 4 is 17.6 Å². The van der Waals surface area contributed by atoms with Gasteiger partial charge in [0, 0.05) is 13.0 Å². The summed E-state index contributed by atoms with van der Waals surface area (Å²) in [6, 6.07) is 0. The first-order valence-electron chi connectivity index (χ1n) is 4.76. The predicted octanol–water partition coefficient (Wildman–Crippen LogP) is 0.856. The molecule has 0 heterocycles. The molecule has 0 amide bonds. The van der Waals surface area contributed by atoms with E-state index in [0.717, 1.165) is 6.54 Å². The van der Waals surface area contributed by atoms with Crippen molar-refractivity contribution in [2.24, 2.45) is 10.9 Å². The van der Waals surface area contributed by atoms with Gasteiger partial charge in [-0.25, -0.2) is 9.79 Å². The van der Waals surface area contributed by atoms with Crippen molar-refractivity contribution < 1.29 is 9.90 Å². The van der Waals surface area contributed by atoms with Gasteiger partial charge in [0.15, 0.2) is 0 Å². The molecule has 0 saturated heterocycles. The first-order valence-corrected chi connectivity index (χ1v) is 4.76. The summed E-state index contributed by atoms with van der Waals surface area (Å²) in [7, 11) is 0. The molecule has 78 valence electrons. The number of hydrogen-bond acceptors (Lipinski definition) is 2. The molecule has 1 saturated carbocycles. The largest absolute Gasteiger partial charge is 0.475 e. The van der Waals surface area contributed by atoms with Crippen molar-refractivity contribution in [2.75, 3.05) is 6.54 Å². The lowest BCUT2D eigenvalue weighted by Gasteiger charge is -2.05. The summed E-state index contributed by atoms with van der Waals surface area (Å²) in [5.74, 6) is -0.593. The Hall–Kier alpha value is -1.39. The van der Waals surface area contributed by atoms with E-state index in [0.29, 0.717) is 18.2 Å². The zero-order chi connectivity index (χ0) is 10.6. The second-order valence-corrected chi connectivity index (χ2v) is 3.39. The minimum absolute atomic E-state index is 0.587. The van der Waals surface area contributed by atoms with Gasteiger partial charge in [0.2, 0.25) is 5.84 Å². The maximum Gasteiger partial charge on any atom is 0.373 e. The Balaban J connectivity index is 2.41. The highest BCUT2D eigenvalue weighted by molar-refractivity contribution is 6.35. The van der Waals surface area contributed by atoms with Crippen LogP contribution in [0.3, 0.4) is 0 Å². The fourth-order valence-corrected chi connectivity index (χ4v) is 1.01. The van der Waals surface area contributed by atoms with Crippen LogP contribution in [-0.2, 0) is 4.79 Å². The molecule has 0 atom stereocenters. The summed E-state index contributed by atoms with van der Waals surface area (Å²) < 4.78 is 0. The topological polar surface area (TPSA) is 85.5 Å². The van der Waals surface area contributed by atoms with Crippen molar-refractivity contribution in [3.05, 3.63) is 0 Å². The van der Waals surface area contributed by atoms with Crippen LogP contribution in [0.25, 0.3) is 0 Å². The highest BCUT2D eigenvalue weighted by Gasteiger charge is 2.21. The van der Waals surface area contributed by atoms with Crippen LogP contribution in [0.1, 0.15) is 26.2 Å². The zero-order valence-electron chi connectivity index (χ0n) is 8.21. The summed E-state index contributed by atoms with van der Waals surface area (Å²) in [5.41, 5.74) is 0. The van der Waals surface area contributed by atoms with Crippen LogP contribution >= 0.6 is 0 Å². The Labute approximate surface area is 82.7 Å². The second-order valence-electron chi connectivity index (χ2n) is 3.39. The number of carboxylic acids is 1. The number of nitrogens with zero attached hydrogens (tertiary/aromatic N) is 1. The minimum atomic E-state index is -1.29. The highest BCUT2D eigenvalue weighted by Crippen LogP contribution is 2.27. The summed E-state index contributed by atoms with van der Waals surface area (Å²) in [6.45, 7) is 2.73. The van der Waals surface area contributed by atoms with Gasteiger partial charge in [0.25, 0.3) is 0 Å². The molecule has 0 aromatic rings. The van der Waals surface area contributed by atoms with E-state index in [4.69, 9.17) is 10.5 Å². The van der Waals surface area contributed by atoms with Gasteiger partial charge in [-0.15, -0.1) is 0 Å². The maximum atomic E-state index is 10.3. The number of rotatable bonds is 3. The average molecular weight is 197 g/mol. The number of amidine groups is 2. The Morgan fingerprint density at radius 2 is 2.29 bits per heavy atom. The summed E-state index contributed by atoms with van der Waals surface area (Å²) in [5, 5.41) is 18.6. The number of aliphatic carboxylic acids is 1. The van der Waals surface area contributed by atoms with E-state index in [9.17, 15) is 4.79 Å². The van der Waals surface area contributed by atoms with E-state index < -0.39 is 11.8 Å². The molecule has 1 aliphatic rings. The van der Waals surface area contributed by atoms with Crippen LogP contribution in [0, 0.1) is 11.3 Å². The second kappa shape index (κ2) is 4.74. The van der Waals surface area contributed by atoms with Gasteiger partial charge >= 0.3 is 5.97 Å². The van der Waals surface area contributed by atoms with Crippen LogP contribution in [0.4, 0.5) is 0 Å². The van der Waals surface area contributed by atoms with Gasteiger partial charge in [0.05, 0.1) is 0 Å². The van der Waals surface area contributed by atoms with Crippen molar-refractivity contribution in [1.29, 1.82) is 5.41 Å². The van der Waals surface area contributed by atoms with Gasteiger partial charge in [-0.05, 0) is 18.8 Å². The minimum Gasteiger partial charge on any atom is -0.475 e. The van der Waals surface area contributed by atoms with Crippen LogP contribution in [0.15, 0.2) is 4.99 Å². The van der Waals surface area contributed by atoms with Gasteiger partial charge in [-0.2, -0.15) is 0 Å². The highest BCUT2D eigenvalue weighted by atomic mass is 16.4. The van der Waals surface area contributed by atoms with E-state index in [-0.39, 0.29) is 0 Å². The van der Waals surface area contributed by atoms with E-state index >= 15 is 0 Å². The first kappa shape index (κ1) is 10.7. The lowest BCUT2D eigenvalue weighted by atomic mass is 10.3. The van der Waals surface area contributed by atoms with E-state index in [1.807, 2.05) is 6.92 Å². The Morgan fingerprint density at radius 1 is 1.64 bits per heavy atom. The molecule has 0 aromatic heterocycles. The smallest absolute Gasteiger partial charge is 0.373 e. The number of nitrogens with one attached hydrogen (secondary N) is 2. The zero-order valence-corrected chi connectivity index (χ0v) is 8.21. The molecule has 0 spiro atoms. The third-order valence-corrected chi connectivity index (χ3v) is 2.08. The standard InChI is InChI=1S/C9H15N3O2/c1-2-7(11-5-6-3-4-6)12-8(10)9(13)14/h6H,2-5H2,1H3,(H,13,14)(H2,10,11,12). The van der Waals surface area contributed by atoms with Gasteiger partial charge in [0.1, 0.15) is 5.84 Å². The molecule has 14 heavy (non-hydrogen) atoms. The van der Waals surface area contributed by atoms with E-state index in [2.05, 4.69) is 10.3 Å². The van der Waals surface area contributed by atoms with Crippen LogP contribution in [0.2, 0.25) is 0 Å². The predicted molar refractivity (Wildman–Crippen MR) is 53.8 cm³/mol. The van der Waals surface area contributed by atoms with Crippen molar-refractivity contribution in [1.82, 2.24) is 5.32 Å². The normalized spacial score (nSPS) is 16.5. The Morgan fingerprint density at radius 3 is 2.71 bits per heavy atom. The third-order valence-electron chi connectivity index (χ3n) is 2.08. The molecule has 0 aliphatic heterocycles. The van der Waals surface area contributed by atoms with Gasteiger partial charge in [-0.3, -0.25) is 5.41 Å². The van der Waals surface area contributed by atoms with Crippen LogP contribution in [-0.4, -0.2) is 29.3 Å². The van der Waals surface area contributed by atoms with Crippen LogP contribution < -0.4 is 5.32 Å². The van der Waals surface area contributed by atoms with Crippen LogP contribution in [0.5, 0.6) is 0 Å². The Kier molecular flexibility index (Phi) is 3.62. The molecule has 5 nitrogen and oxygen atoms in total. The molecule has 1 aliphatic carbocycles. The third kappa shape index (κ3) is 3.55. The summed E-state index contributed by atoms with van der Waals surface area (Å²) in [6.07, 6.45) is 3.10. The lowest BCUT2D eigenvalue weighted by Crippen LogP contribution is -2.27. The average Bonchev–Trinajstić information content (AvgIpc) is 2.95. The number of hydrogen-bond donors (Lipinski definition) is 3. The summed E-state index contributed by atoms with van der Waals surface area (Å²) >= 11 is 0. The quantitative estimate of drug-likeness (QED) is 0.463. The maximum absolute atomic E-state index is 10.3.